The van der Waals surface area contributed by atoms with Crippen molar-refractivity contribution in [2.75, 3.05) is 0 Å². The van der Waals surface area contributed by atoms with Gasteiger partial charge in [0.2, 0.25) is 0 Å². The fraction of sp³-hybridized carbons (Fsp3) is 0. The fourth-order valence-electron chi connectivity index (χ4n) is 0. The largest absolute Gasteiger partial charge is 0 e. The van der Waals surface area contributed by atoms with Crippen molar-refractivity contribution in [3.05, 3.63) is 0 Å². The van der Waals surface area contributed by atoms with E-state index >= 15 is 0 Å². The molecule has 0 fully saturated rings. The molecule has 0 amide bonds. The third-order valence-electron chi connectivity index (χ3n) is 0. The zero-order valence-corrected chi connectivity index (χ0v) is 6.03. The smallest absolute Gasteiger partial charge is 0 e. The van der Waals surface area contributed by atoms with Crippen LogP contribution in [-0.4, -0.2) is 48.9 Å². The molecule has 0 unspecified atom stereocenters. The molecule has 25 valence electrons. The summed E-state index contributed by atoms with van der Waals surface area (Å²) in [6.07, 6.45) is 0. The predicted molar refractivity (Wildman–Crippen MR) is 9.65 cm³/mol. The molecule has 0 aromatic rings. The molecule has 0 saturated carbocycles. The van der Waals surface area contributed by atoms with Gasteiger partial charge >= 0.3 is 82.5 Å². The maximum absolute atomic E-state index is 9.63. The third kappa shape index (κ3) is 9.29. The maximum Gasteiger partial charge on any atom is 0 e. The average Bonchev–Trinajstić information content (AvgIpc) is 1.00. The molecule has 0 aromatic heterocycles. The van der Waals surface area contributed by atoms with Crippen molar-refractivity contribution in [3.63, 3.8) is 0 Å². The normalized spacial score (nSPS) is 1.00. The zero-order valence-electron chi connectivity index (χ0n) is 1.26. The van der Waals surface area contributed by atoms with Crippen LogP contribution < -0.4 is 0 Å². The molecule has 4 heteroatoms. The summed E-state index contributed by atoms with van der Waals surface area (Å²) in [5.41, 5.74) is 0. The van der Waals surface area contributed by atoms with Crippen molar-refractivity contribution in [1.82, 2.24) is 0 Å². The average molecular weight is 412 g/mol. The molecule has 0 aliphatic carbocycles. The van der Waals surface area contributed by atoms with Gasteiger partial charge in [0.15, 0.2) is 0 Å². The van der Waals surface area contributed by atoms with Crippen LogP contribution in [0.3, 0.4) is 0 Å². The van der Waals surface area contributed by atoms with E-state index in [2.05, 4.69) is 0 Å². The topological polar surface area (TPSA) is 0 Å². The maximum atomic E-state index is 9.63. The predicted octanol–water partition coefficient (Wildman–Crippen LogP) is -0.498. The van der Waals surface area contributed by atoms with Crippen LogP contribution in [0.2, 0.25) is 0 Å². The summed E-state index contributed by atoms with van der Waals surface area (Å²) in [6, 6.07) is 0. The van der Waals surface area contributed by atoms with Crippen LogP contribution in [0, 0.1) is 37.7 Å². The monoisotopic (exact) mass is 413 g/mol. The Bertz CT molecular complexity index is 8.00. The molecule has 0 spiro atoms. The first-order chi connectivity index (χ1) is 1.00. The van der Waals surface area contributed by atoms with Crippen LogP contribution in [-0.2, 0) is 31.7 Å². The molecule has 0 heterocycles. The van der Waals surface area contributed by atoms with Crippen molar-refractivity contribution >= 4 is 48.9 Å². The number of hydrogen-bond acceptors (Lipinski definition) is 0. The second kappa shape index (κ2) is 15.8. The van der Waals surface area contributed by atoms with Crippen LogP contribution in [0.25, 0.3) is 0 Å². The van der Waals surface area contributed by atoms with Crippen molar-refractivity contribution < 1.29 is 71.3 Å². The van der Waals surface area contributed by atoms with Gasteiger partial charge in [0.1, 0.15) is 0 Å². The van der Waals surface area contributed by atoms with Gasteiger partial charge in [-0.25, -0.2) is 0 Å². The standard InChI is InChI=1S/Ba.FH.Ho.Y.2H/h;1H;;;;/q;;;+1;;/p-1. The summed E-state index contributed by atoms with van der Waals surface area (Å²) in [6.45, 7) is 0. The summed E-state index contributed by atoms with van der Waals surface area (Å²) in [5, 5.41) is 0. The van der Waals surface area contributed by atoms with E-state index in [-0.39, 0.29) is 118 Å². The molecule has 0 rings (SSSR count). The van der Waals surface area contributed by atoms with E-state index in [0.29, 0.717) is 0 Å². The summed E-state index contributed by atoms with van der Waals surface area (Å²) >= 11 is -0.150. The molecule has 1 radical (unpaired) electrons. The molecule has 0 saturated heterocycles. The summed E-state index contributed by atoms with van der Waals surface area (Å²) in [5.74, 6) is 0. The number of hydrogen-bond donors (Lipinski definition) is 0. The Balaban J connectivity index is -0.00000000500. The minimum Gasteiger partial charge on any atom is 0 e. The molecular formula is H2BaFHoY. The SMILES string of the molecule is [BaH2].[F][Y].[Ho]. The second-order valence-electron chi connectivity index (χ2n) is 0. The Morgan fingerprint density at radius 1 is 1.25 bits per heavy atom. The van der Waals surface area contributed by atoms with Gasteiger partial charge in [0.05, 0.1) is 0 Å². The van der Waals surface area contributed by atoms with Gasteiger partial charge in [0, 0.05) is 37.7 Å². The first-order valence-corrected chi connectivity index (χ1v) is 1.29. The molecule has 0 atom stereocenters. The Kier molecular flexibility index (Phi) is 61.9. The van der Waals surface area contributed by atoms with E-state index in [4.69, 9.17) is 0 Å². The summed E-state index contributed by atoms with van der Waals surface area (Å²) < 4.78 is 9.63. The summed E-state index contributed by atoms with van der Waals surface area (Å²) in [7, 11) is 0. The van der Waals surface area contributed by atoms with Crippen LogP contribution in [0.1, 0.15) is 0 Å². The molecular weight excluding hydrogens is 410 g/mol. The Morgan fingerprint density at radius 2 is 1.25 bits per heavy atom. The van der Waals surface area contributed by atoms with Crippen LogP contribution in [0.15, 0.2) is 0 Å². The Morgan fingerprint density at radius 3 is 1.25 bits per heavy atom. The van der Waals surface area contributed by atoms with Crippen molar-refractivity contribution in [2.24, 2.45) is 0 Å². The molecule has 0 N–H and O–H groups in total. The van der Waals surface area contributed by atoms with Gasteiger partial charge in [-0.1, -0.05) is 0 Å². The second-order valence-corrected chi connectivity index (χ2v) is 0. The molecule has 0 nitrogen and oxygen atoms in total. The van der Waals surface area contributed by atoms with Crippen LogP contribution in [0.5, 0.6) is 0 Å². The zero-order chi connectivity index (χ0) is 2.00. The van der Waals surface area contributed by atoms with E-state index in [1.165, 1.54) is 0 Å². The van der Waals surface area contributed by atoms with Gasteiger partial charge < -0.3 is 0 Å². The molecule has 0 aliphatic heterocycles. The van der Waals surface area contributed by atoms with Crippen LogP contribution in [0.4, 0.5) is 1.92 Å². The van der Waals surface area contributed by atoms with E-state index in [1.807, 2.05) is 0 Å². The fourth-order valence-corrected chi connectivity index (χ4v) is 0. The van der Waals surface area contributed by atoms with Crippen molar-refractivity contribution in [1.29, 1.82) is 0 Å². The third-order valence-corrected chi connectivity index (χ3v) is 0. The van der Waals surface area contributed by atoms with Gasteiger partial charge in [0.25, 0.3) is 0 Å². The minimum atomic E-state index is -0.150. The van der Waals surface area contributed by atoms with Crippen LogP contribution >= 0.6 is 0 Å². The van der Waals surface area contributed by atoms with E-state index in [1.54, 1.807) is 0 Å². The number of halogens is 1. The first-order valence-electron chi connectivity index (χ1n) is 0.218. The van der Waals surface area contributed by atoms with E-state index < -0.39 is 0 Å². The first kappa shape index (κ1) is 15.7. The van der Waals surface area contributed by atoms with Gasteiger partial charge in [-0.3, -0.25) is 0 Å². The molecule has 4 heavy (non-hydrogen) atoms. The Labute approximate surface area is 116 Å². The van der Waals surface area contributed by atoms with Gasteiger partial charge in [-0.05, 0) is 0 Å². The van der Waals surface area contributed by atoms with Gasteiger partial charge in [-0.2, -0.15) is 0 Å². The van der Waals surface area contributed by atoms with Crippen molar-refractivity contribution in [3.8, 4) is 0 Å². The molecule has 0 bridgehead atoms. The summed E-state index contributed by atoms with van der Waals surface area (Å²) in [4.78, 5) is 0. The molecule has 0 aromatic carbocycles. The number of rotatable bonds is 0. The Hall–Kier alpha value is 3.87. The van der Waals surface area contributed by atoms with Crippen molar-refractivity contribution in [2.45, 2.75) is 0 Å². The molecule has 0 aliphatic rings. The van der Waals surface area contributed by atoms with E-state index in [9.17, 15) is 1.92 Å². The van der Waals surface area contributed by atoms with Gasteiger partial charge in [-0.15, -0.1) is 0 Å². The minimum absolute atomic E-state index is 0. The quantitative estimate of drug-likeness (QED) is 0.471. The van der Waals surface area contributed by atoms with E-state index in [0.717, 1.165) is 0 Å².